The average molecular weight is 370 g/mol. The van der Waals surface area contributed by atoms with Crippen LogP contribution in [0, 0.1) is 0 Å². The van der Waals surface area contributed by atoms with Crippen molar-refractivity contribution in [2.45, 2.75) is 13.1 Å². The van der Waals surface area contributed by atoms with Crippen LogP contribution in [0.5, 0.6) is 0 Å². The van der Waals surface area contributed by atoms with Crippen LogP contribution in [0.15, 0.2) is 36.7 Å². The average Bonchev–Trinajstić information content (AvgIpc) is 3.06. The molecule has 1 aliphatic rings. The summed E-state index contributed by atoms with van der Waals surface area (Å²) < 4.78 is 26.6. The molecule has 0 spiro atoms. The summed E-state index contributed by atoms with van der Waals surface area (Å²) >= 11 is 6.04. The fraction of sp³-hybridized carbons (Fsp3) is 0.375. The number of carbonyl (C=O) groups is 1. The summed E-state index contributed by atoms with van der Waals surface area (Å²) in [6.07, 6.45) is 2.64. The molecule has 134 valence electrons. The molecule has 2 heterocycles. The van der Waals surface area contributed by atoms with Crippen molar-refractivity contribution in [3.05, 3.63) is 47.5 Å². The molecule has 9 heteroatoms. The third-order valence-corrected chi connectivity index (χ3v) is 4.43. The Balaban J connectivity index is 1.52. The number of benzene rings is 1. The minimum Gasteiger partial charge on any atom is -0.322 e. The third kappa shape index (κ3) is 4.26. The van der Waals surface area contributed by atoms with Crippen molar-refractivity contribution >= 4 is 23.3 Å². The van der Waals surface area contributed by atoms with Gasteiger partial charge in [-0.3, -0.25) is 9.47 Å². The molecule has 1 fully saturated rings. The monoisotopic (exact) mass is 369 g/mol. The van der Waals surface area contributed by atoms with Crippen molar-refractivity contribution in [3.63, 3.8) is 0 Å². The van der Waals surface area contributed by atoms with Crippen molar-refractivity contribution in [1.82, 2.24) is 19.4 Å². The van der Waals surface area contributed by atoms with Crippen LogP contribution in [0.3, 0.4) is 0 Å². The van der Waals surface area contributed by atoms with E-state index in [4.69, 9.17) is 11.6 Å². The van der Waals surface area contributed by atoms with E-state index in [2.05, 4.69) is 10.3 Å². The lowest BCUT2D eigenvalue weighted by Gasteiger charge is -2.34. The van der Waals surface area contributed by atoms with Crippen molar-refractivity contribution in [2.24, 2.45) is 0 Å². The van der Waals surface area contributed by atoms with E-state index in [-0.39, 0.29) is 6.03 Å². The van der Waals surface area contributed by atoms with E-state index in [1.807, 2.05) is 4.90 Å². The molecule has 25 heavy (non-hydrogen) atoms. The predicted molar refractivity (Wildman–Crippen MR) is 90.8 cm³/mol. The number of hydrogen-bond donors (Lipinski definition) is 1. The Morgan fingerprint density at radius 2 is 1.96 bits per heavy atom. The van der Waals surface area contributed by atoms with Crippen LogP contribution >= 0.6 is 11.6 Å². The zero-order valence-corrected chi connectivity index (χ0v) is 14.2. The van der Waals surface area contributed by atoms with Crippen molar-refractivity contribution in [3.8, 4) is 0 Å². The summed E-state index contributed by atoms with van der Waals surface area (Å²) in [7, 11) is 0. The highest BCUT2D eigenvalue weighted by Crippen LogP contribution is 2.21. The van der Waals surface area contributed by atoms with E-state index in [1.54, 1.807) is 29.2 Å². The molecule has 1 aromatic carbocycles. The molecular formula is C16H18ClF2N5O. The van der Waals surface area contributed by atoms with E-state index in [0.29, 0.717) is 49.3 Å². The van der Waals surface area contributed by atoms with Gasteiger partial charge in [0.25, 0.3) is 0 Å². The van der Waals surface area contributed by atoms with Gasteiger partial charge in [0.2, 0.25) is 0 Å². The van der Waals surface area contributed by atoms with Gasteiger partial charge in [-0.15, -0.1) is 0 Å². The molecule has 0 saturated carbocycles. The second-order valence-corrected chi connectivity index (χ2v) is 6.11. The second kappa shape index (κ2) is 7.79. The van der Waals surface area contributed by atoms with Gasteiger partial charge in [0, 0.05) is 38.6 Å². The maximum Gasteiger partial charge on any atom is 0.321 e. The van der Waals surface area contributed by atoms with Gasteiger partial charge >= 0.3 is 12.6 Å². The molecule has 3 rings (SSSR count). The molecule has 1 saturated heterocycles. The lowest BCUT2D eigenvalue weighted by Crippen LogP contribution is -2.49. The number of urea groups is 1. The zero-order valence-electron chi connectivity index (χ0n) is 13.4. The Kier molecular flexibility index (Phi) is 5.50. The number of amides is 2. The van der Waals surface area contributed by atoms with E-state index < -0.39 is 6.55 Å². The molecule has 0 atom stereocenters. The Labute approximate surface area is 149 Å². The van der Waals surface area contributed by atoms with Crippen LogP contribution in [-0.2, 0) is 6.54 Å². The summed E-state index contributed by atoms with van der Waals surface area (Å²) in [4.78, 5) is 20.0. The summed E-state index contributed by atoms with van der Waals surface area (Å²) in [5.41, 5.74) is 0.565. The van der Waals surface area contributed by atoms with E-state index in [1.165, 1.54) is 12.4 Å². The highest BCUT2D eigenvalue weighted by Gasteiger charge is 2.23. The molecule has 1 aromatic heterocycles. The van der Waals surface area contributed by atoms with Crippen LogP contribution in [0.25, 0.3) is 0 Å². The van der Waals surface area contributed by atoms with Crippen LogP contribution in [-0.4, -0.2) is 51.6 Å². The first-order valence-corrected chi connectivity index (χ1v) is 8.25. The lowest BCUT2D eigenvalue weighted by atomic mass is 10.3. The number of nitrogens with one attached hydrogen (secondary N) is 1. The fourth-order valence-corrected chi connectivity index (χ4v) is 2.89. The number of para-hydroxylation sites is 1. The number of nitrogens with zero attached hydrogens (tertiary/aromatic N) is 4. The topological polar surface area (TPSA) is 53.4 Å². The largest absolute Gasteiger partial charge is 0.322 e. The fourth-order valence-electron chi connectivity index (χ4n) is 2.71. The number of rotatable bonds is 4. The SMILES string of the molecule is O=C(Nc1ccccc1Cl)N1CCN(Cc2nccn2C(F)F)CC1. The second-order valence-electron chi connectivity index (χ2n) is 5.70. The van der Waals surface area contributed by atoms with Crippen LogP contribution < -0.4 is 5.32 Å². The first-order chi connectivity index (χ1) is 12.0. The van der Waals surface area contributed by atoms with Gasteiger partial charge in [0.05, 0.1) is 17.3 Å². The number of aromatic nitrogens is 2. The first kappa shape index (κ1) is 17.6. The quantitative estimate of drug-likeness (QED) is 0.899. The van der Waals surface area contributed by atoms with Crippen LogP contribution in [0.2, 0.25) is 5.02 Å². The number of halogens is 3. The van der Waals surface area contributed by atoms with E-state index >= 15 is 0 Å². The highest BCUT2D eigenvalue weighted by molar-refractivity contribution is 6.33. The number of anilines is 1. The van der Waals surface area contributed by atoms with Gasteiger partial charge < -0.3 is 10.2 Å². The maximum atomic E-state index is 12.9. The molecule has 0 aliphatic carbocycles. The minimum absolute atomic E-state index is 0.221. The summed E-state index contributed by atoms with van der Waals surface area (Å²) in [5.74, 6) is 0.323. The zero-order chi connectivity index (χ0) is 17.8. The molecule has 2 amide bonds. The van der Waals surface area contributed by atoms with Gasteiger partial charge in [0.1, 0.15) is 5.82 Å². The summed E-state index contributed by atoms with van der Waals surface area (Å²) in [5, 5.41) is 3.27. The minimum atomic E-state index is -2.60. The van der Waals surface area contributed by atoms with Gasteiger partial charge in [-0.1, -0.05) is 23.7 Å². The smallest absolute Gasteiger partial charge is 0.321 e. The predicted octanol–water partition coefficient (Wildman–Crippen LogP) is 3.28. The van der Waals surface area contributed by atoms with Crippen LogP contribution in [0.4, 0.5) is 19.3 Å². The maximum absolute atomic E-state index is 12.9. The Morgan fingerprint density at radius 1 is 1.24 bits per heavy atom. The van der Waals surface area contributed by atoms with Gasteiger partial charge in [-0.25, -0.2) is 9.78 Å². The first-order valence-electron chi connectivity index (χ1n) is 7.87. The number of carbonyl (C=O) groups excluding carboxylic acids is 1. The Bertz CT molecular complexity index is 731. The molecule has 1 N–H and O–H groups in total. The molecule has 1 aliphatic heterocycles. The van der Waals surface area contributed by atoms with Crippen molar-refractivity contribution in [2.75, 3.05) is 31.5 Å². The molecule has 0 bridgehead atoms. The number of imidazole rings is 1. The molecule has 0 unspecified atom stereocenters. The molecule has 0 radical (unpaired) electrons. The lowest BCUT2D eigenvalue weighted by molar-refractivity contribution is 0.0620. The van der Waals surface area contributed by atoms with Gasteiger partial charge in [-0.2, -0.15) is 8.78 Å². The molecule has 6 nitrogen and oxygen atoms in total. The normalized spacial score (nSPS) is 15.6. The number of hydrogen-bond acceptors (Lipinski definition) is 3. The van der Waals surface area contributed by atoms with E-state index in [0.717, 1.165) is 4.57 Å². The molecule has 2 aromatic rings. The van der Waals surface area contributed by atoms with E-state index in [9.17, 15) is 13.6 Å². The standard InChI is InChI=1S/C16H18ClF2N5O/c17-12-3-1-2-4-13(12)21-16(25)23-9-7-22(8-10-23)11-14-20-5-6-24(14)15(18)19/h1-6,15H,7-11H2,(H,21,25). The number of alkyl halides is 2. The van der Waals surface area contributed by atoms with Crippen LogP contribution in [0.1, 0.15) is 12.4 Å². The summed E-state index contributed by atoms with van der Waals surface area (Å²) in [6.45, 7) is -0.0765. The Hall–Kier alpha value is -2.19. The Morgan fingerprint density at radius 3 is 2.64 bits per heavy atom. The molecular weight excluding hydrogens is 352 g/mol. The van der Waals surface area contributed by atoms with Crippen molar-refractivity contribution < 1.29 is 13.6 Å². The van der Waals surface area contributed by atoms with Crippen molar-refractivity contribution in [1.29, 1.82) is 0 Å². The number of piperazine rings is 1. The summed E-state index contributed by atoms with van der Waals surface area (Å²) in [6, 6.07) is 6.81. The van der Waals surface area contributed by atoms with Gasteiger partial charge in [0.15, 0.2) is 0 Å². The van der Waals surface area contributed by atoms with Gasteiger partial charge in [-0.05, 0) is 12.1 Å². The highest BCUT2D eigenvalue weighted by atomic mass is 35.5. The third-order valence-electron chi connectivity index (χ3n) is 4.10.